The zero-order chi connectivity index (χ0) is 18.5. The average molecular weight is 391 g/mol. The van der Waals surface area contributed by atoms with Crippen molar-refractivity contribution in [3.05, 3.63) is 35.3 Å². The predicted octanol–water partition coefficient (Wildman–Crippen LogP) is 3.77. The van der Waals surface area contributed by atoms with Gasteiger partial charge in [0, 0.05) is 27.7 Å². The number of nitrogens with zero attached hydrogens (tertiary/aromatic N) is 1. The lowest BCUT2D eigenvalue weighted by Gasteiger charge is -2.29. The number of thiazole rings is 1. The van der Waals surface area contributed by atoms with Gasteiger partial charge >= 0.3 is 6.03 Å². The van der Waals surface area contributed by atoms with Crippen LogP contribution in [0.5, 0.6) is 0 Å². The number of hydrogen-bond acceptors (Lipinski definition) is 5. The Bertz CT molecular complexity index is 776. The SMILES string of the molecule is Cc1csc(Sc2ccc(NC(=O)N[C@@H]3CCCC[C@@H]3C(N)=O)cc2)n1. The lowest BCUT2D eigenvalue weighted by molar-refractivity contribution is -0.123. The van der Waals surface area contributed by atoms with Crippen molar-refractivity contribution in [2.24, 2.45) is 11.7 Å². The molecule has 1 aliphatic carbocycles. The summed E-state index contributed by atoms with van der Waals surface area (Å²) in [6, 6.07) is 7.11. The number of carbonyl (C=O) groups is 2. The minimum absolute atomic E-state index is 0.191. The zero-order valence-corrected chi connectivity index (χ0v) is 16.2. The van der Waals surface area contributed by atoms with E-state index in [0.717, 1.165) is 40.6 Å². The molecule has 26 heavy (non-hydrogen) atoms. The van der Waals surface area contributed by atoms with Crippen LogP contribution in [-0.2, 0) is 4.79 Å². The Morgan fingerprint density at radius 3 is 2.62 bits per heavy atom. The number of nitrogens with two attached hydrogens (primary N) is 1. The molecule has 0 spiro atoms. The standard InChI is InChI=1S/C18H22N4O2S2/c1-11-10-25-18(20-11)26-13-8-6-12(7-9-13)21-17(24)22-15-5-3-2-4-14(15)16(19)23/h6-10,14-15H,2-5H2,1H3,(H2,19,23)(H2,21,22,24)/t14-,15+/m0/s1. The monoisotopic (exact) mass is 390 g/mol. The smallest absolute Gasteiger partial charge is 0.319 e. The fourth-order valence-corrected chi connectivity index (χ4v) is 4.88. The molecule has 2 aromatic rings. The molecule has 0 saturated heterocycles. The van der Waals surface area contributed by atoms with E-state index in [1.54, 1.807) is 23.1 Å². The first kappa shape index (κ1) is 18.7. The van der Waals surface area contributed by atoms with Crippen LogP contribution in [-0.4, -0.2) is 23.0 Å². The van der Waals surface area contributed by atoms with Crippen LogP contribution >= 0.6 is 23.1 Å². The van der Waals surface area contributed by atoms with E-state index in [9.17, 15) is 9.59 Å². The molecule has 1 aromatic heterocycles. The van der Waals surface area contributed by atoms with Gasteiger partial charge in [0.15, 0.2) is 4.34 Å². The summed E-state index contributed by atoms with van der Waals surface area (Å²) in [5.74, 6) is -0.621. The quantitative estimate of drug-likeness (QED) is 0.724. The lowest BCUT2D eigenvalue weighted by atomic mass is 9.84. The third kappa shape index (κ3) is 4.98. The molecule has 138 valence electrons. The number of aromatic nitrogens is 1. The maximum Gasteiger partial charge on any atom is 0.319 e. The molecule has 0 unspecified atom stereocenters. The number of benzene rings is 1. The number of amides is 3. The van der Waals surface area contributed by atoms with Crippen LogP contribution in [0.2, 0.25) is 0 Å². The van der Waals surface area contributed by atoms with Crippen LogP contribution in [0.3, 0.4) is 0 Å². The van der Waals surface area contributed by atoms with Crippen molar-refractivity contribution in [2.45, 2.75) is 47.9 Å². The van der Waals surface area contributed by atoms with Gasteiger partial charge in [-0.3, -0.25) is 4.79 Å². The maximum absolute atomic E-state index is 12.2. The van der Waals surface area contributed by atoms with Gasteiger partial charge in [-0.25, -0.2) is 9.78 Å². The third-order valence-corrected chi connectivity index (χ3v) is 6.43. The highest BCUT2D eigenvalue weighted by atomic mass is 32.2. The highest BCUT2D eigenvalue weighted by molar-refractivity contribution is 8.01. The Kier molecular flexibility index (Phi) is 6.16. The number of nitrogens with one attached hydrogen (secondary N) is 2. The van der Waals surface area contributed by atoms with Crippen LogP contribution in [0.15, 0.2) is 38.9 Å². The number of urea groups is 1. The molecule has 1 saturated carbocycles. The maximum atomic E-state index is 12.2. The fraction of sp³-hybridized carbons (Fsp3) is 0.389. The average Bonchev–Trinajstić information content (AvgIpc) is 3.02. The molecule has 1 fully saturated rings. The first-order chi connectivity index (χ1) is 12.5. The second-order valence-electron chi connectivity index (χ2n) is 6.38. The Morgan fingerprint density at radius 1 is 1.23 bits per heavy atom. The first-order valence-electron chi connectivity index (χ1n) is 8.58. The lowest BCUT2D eigenvalue weighted by Crippen LogP contribution is -2.48. The van der Waals surface area contributed by atoms with E-state index >= 15 is 0 Å². The van der Waals surface area contributed by atoms with Gasteiger partial charge in [-0.15, -0.1) is 11.3 Å². The Labute approximate surface area is 161 Å². The number of hydrogen-bond donors (Lipinski definition) is 3. The Hall–Kier alpha value is -2.06. The van der Waals surface area contributed by atoms with Crippen molar-refractivity contribution in [1.29, 1.82) is 0 Å². The van der Waals surface area contributed by atoms with E-state index in [2.05, 4.69) is 15.6 Å². The molecule has 6 nitrogen and oxygen atoms in total. The van der Waals surface area contributed by atoms with E-state index in [4.69, 9.17) is 5.73 Å². The summed E-state index contributed by atoms with van der Waals surface area (Å²) in [7, 11) is 0. The second-order valence-corrected chi connectivity index (χ2v) is 8.56. The van der Waals surface area contributed by atoms with Gasteiger partial charge in [-0.2, -0.15) is 0 Å². The number of rotatable bonds is 5. The zero-order valence-electron chi connectivity index (χ0n) is 14.5. The van der Waals surface area contributed by atoms with Gasteiger partial charge in [0.25, 0.3) is 0 Å². The van der Waals surface area contributed by atoms with Gasteiger partial charge in [0.1, 0.15) is 0 Å². The molecule has 3 amide bonds. The molecule has 2 atom stereocenters. The van der Waals surface area contributed by atoms with Gasteiger partial charge in [0.2, 0.25) is 5.91 Å². The van der Waals surface area contributed by atoms with Crippen molar-refractivity contribution >= 4 is 40.7 Å². The molecular weight excluding hydrogens is 368 g/mol. The third-order valence-electron chi connectivity index (χ3n) is 4.36. The van der Waals surface area contributed by atoms with Crippen molar-refractivity contribution in [2.75, 3.05) is 5.32 Å². The summed E-state index contributed by atoms with van der Waals surface area (Å²) >= 11 is 3.21. The Morgan fingerprint density at radius 2 is 1.96 bits per heavy atom. The van der Waals surface area contributed by atoms with Crippen molar-refractivity contribution in [3.63, 3.8) is 0 Å². The summed E-state index contributed by atoms with van der Waals surface area (Å²) in [4.78, 5) is 29.3. The molecule has 1 aliphatic rings. The summed E-state index contributed by atoms with van der Waals surface area (Å²) in [5, 5.41) is 7.73. The van der Waals surface area contributed by atoms with E-state index in [-0.39, 0.29) is 23.9 Å². The van der Waals surface area contributed by atoms with Crippen LogP contribution in [0.4, 0.5) is 10.5 Å². The molecule has 1 aromatic carbocycles. The Balaban J connectivity index is 1.54. The van der Waals surface area contributed by atoms with Gasteiger partial charge in [0.05, 0.1) is 5.92 Å². The topological polar surface area (TPSA) is 97.1 Å². The molecule has 4 N–H and O–H groups in total. The molecule has 0 aliphatic heterocycles. The van der Waals surface area contributed by atoms with Crippen molar-refractivity contribution in [1.82, 2.24) is 10.3 Å². The number of primary amides is 1. The molecule has 8 heteroatoms. The van der Waals surface area contributed by atoms with E-state index < -0.39 is 0 Å². The molecule has 1 heterocycles. The number of carbonyl (C=O) groups excluding carboxylic acids is 2. The van der Waals surface area contributed by atoms with E-state index in [1.165, 1.54) is 0 Å². The summed E-state index contributed by atoms with van der Waals surface area (Å²) in [6.07, 6.45) is 3.49. The van der Waals surface area contributed by atoms with Crippen molar-refractivity contribution in [3.8, 4) is 0 Å². The van der Waals surface area contributed by atoms with Crippen molar-refractivity contribution < 1.29 is 9.59 Å². The minimum atomic E-state index is -0.339. The first-order valence-corrected chi connectivity index (χ1v) is 10.3. The van der Waals surface area contributed by atoms with Crippen LogP contribution in [0.1, 0.15) is 31.4 Å². The van der Waals surface area contributed by atoms with Gasteiger partial charge in [-0.05, 0) is 44.0 Å². The summed E-state index contributed by atoms with van der Waals surface area (Å²) in [6.45, 7) is 1.97. The largest absolute Gasteiger partial charge is 0.369 e. The number of anilines is 1. The molecule has 3 rings (SSSR count). The molecular formula is C18H22N4O2S2. The van der Waals surface area contributed by atoms with Crippen LogP contribution in [0.25, 0.3) is 0 Å². The highest BCUT2D eigenvalue weighted by Crippen LogP contribution is 2.31. The number of aryl methyl sites for hydroxylation is 1. The predicted molar refractivity (Wildman–Crippen MR) is 105 cm³/mol. The normalized spacial score (nSPS) is 19.7. The van der Waals surface area contributed by atoms with Crippen LogP contribution in [0, 0.1) is 12.8 Å². The molecule has 0 radical (unpaired) electrons. The van der Waals surface area contributed by atoms with E-state index in [1.807, 2.05) is 36.6 Å². The summed E-state index contributed by atoms with van der Waals surface area (Å²) in [5.41, 5.74) is 7.17. The fourth-order valence-electron chi connectivity index (χ4n) is 3.07. The van der Waals surface area contributed by atoms with Gasteiger partial charge < -0.3 is 16.4 Å². The van der Waals surface area contributed by atoms with E-state index in [0.29, 0.717) is 5.69 Å². The summed E-state index contributed by atoms with van der Waals surface area (Å²) < 4.78 is 0.996. The molecule has 0 bridgehead atoms. The second kappa shape index (κ2) is 8.55. The minimum Gasteiger partial charge on any atom is -0.369 e. The van der Waals surface area contributed by atoms with Gasteiger partial charge in [-0.1, -0.05) is 24.6 Å². The van der Waals surface area contributed by atoms with Crippen LogP contribution < -0.4 is 16.4 Å². The highest BCUT2D eigenvalue weighted by Gasteiger charge is 2.30.